The zero-order valence-corrected chi connectivity index (χ0v) is 8.67. The summed E-state index contributed by atoms with van der Waals surface area (Å²) in [5.74, 6) is -5.87. The van der Waals surface area contributed by atoms with E-state index in [-0.39, 0.29) is 11.8 Å². The van der Waals surface area contributed by atoms with Gasteiger partial charge in [0, 0.05) is 0 Å². The molecule has 0 fully saturated rings. The van der Waals surface area contributed by atoms with Crippen LogP contribution >= 0.6 is 0 Å². The molecule has 0 aliphatic carbocycles. The number of nitrogens with two attached hydrogens (primary N) is 1. The lowest BCUT2D eigenvalue weighted by atomic mass is 10.2. The number of rotatable bonds is 2. The summed E-state index contributed by atoms with van der Waals surface area (Å²) in [5, 5.41) is 7.57. The number of nitrogen functional groups attached to an aromatic ring is 1. The highest BCUT2D eigenvalue weighted by molar-refractivity contribution is 6.01. The van der Waals surface area contributed by atoms with Crippen LogP contribution < -0.4 is 11.1 Å². The van der Waals surface area contributed by atoms with Crippen molar-refractivity contribution in [2.24, 2.45) is 0 Å². The number of carbonyl (C=O) groups is 1. The number of nitrogens with one attached hydrogen (secondary N) is 2. The fourth-order valence-electron chi connectivity index (χ4n) is 1.18. The number of halogens is 3. The molecule has 1 aromatic carbocycles. The first-order chi connectivity index (χ1) is 8.49. The van der Waals surface area contributed by atoms with Gasteiger partial charge in [-0.3, -0.25) is 9.89 Å². The first-order valence-electron chi connectivity index (χ1n) is 4.61. The summed E-state index contributed by atoms with van der Waals surface area (Å²) < 4.78 is 38.8. The molecule has 0 saturated carbocycles. The molecule has 0 unspecified atom stereocenters. The van der Waals surface area contributed by atoms with Crippen LogP contribution in [0.15, 0.2) is 12.1 Å². The van der Waals surface area contributed by atoms with Crippen molar-refractivity contribution in [3.8, 4) is 0 Å². The normalized spacial score (nSPS) is 10.4. The molecule has 94 valence electrons. The highest BCUT2D eigenvalue weighted by Crippen LogP contribution is 2.19. The van der Waals surface area contributed by atoms with E-state index in [9.17, 15) is 18.0 Å². The number of aromatic amines is 1. The van der Waals surface area contributed by atoms with Crippen molar-refractivity contribution in [1.29, 1.82) is 0 Å². The second-order valence-electron chi connectivity index (χ2n) is 3.22. The lowest BCUT2D eigenvalue weighted by Gasteiger charge is -2.05. The van der Waals surface area contributed by atoms with Gasteiger partial charge >= 0.3 is 0 Å². The maximum absolute atomic E-state index is 13.2. The van der Waals surface area contributed by atoms with Gasteiger partial charge in [0.1, 0.15) is 0 Å². The molecule has 2 aromatic rings. The standard InChI is InChI=1S/C9H6F3N5O/c10-3-1-2-4(6(12)5(3)11)14-8(18)7-15-9(13)17-16-7/h1-2H,(H,14,18)(H3,13,15,16,17). The Hall–Kier alpha value is -2.58. The van der Waals surface area contributed by atoms with Crippen LogP contribution in [0.4, 0.5) is 24.8 Å². The summed E-state index contributed by atoms with van der Waals surface area (Å²) in [5.41, 5.74) is 4.65. The van der Waals surface area contributed by atoms with E-state index < -0.39 is 29.0 Å². The number of benzene rings is 1. The Labute approximate surface area is 98.0 Å². The third kappa shape index (κ3) is 2.10. The molecule has 6 nitrogen and oxygen atoms in total. The van der Waals surface area contributed by atoms with E-state index in [1.54, 1.807) is 0 Å². The highest BCUT2D eigenvalue weighted by Gasteiger charge is 2.17. The maximum Gasteiger partial charge on any atom is 0.293 e. The van der Waals surface area contributed by atoms with Crippen LogP contribution in [0.2, 0.25) is 0 Å². The van der Waals surface area contributed by atoms with Gasteiger partial charge in [0.05, 0.1) is 5.69 Å². The molecule has 0 aliphatic rings. The molecule has 0 spiro atoms. The average Bonchev–Trinajstić information content (AvgIpc) is 2.77. The van der Waals surface area contributed by atoms with E-state index in [0.717, 1.165) is 6.07 Å². The first kappa shape index (κ1) is 11.9. The summed E-state index contributed by atoms with van der Waals surface area (Å²) in [6.45, 7) is 0. The summed E-state index contributed by atoms with van der Waals surface area (Å²) >= 11 is 0. The van der Waals surface area contributed by atoms with Gasteiger partial charge in [0.15, 0.2) is 17.5 Å². The van der Waals surface area contributed by atoms with Crippen molar-refractivity contribution < 1.29 is 18.0 Å². The Balaban J connectivity index is 2.25. The molecule has 0 saturated heterocycles. The smallest absolute Gasteiger partial charge is 0.293 e. The van der Waals surface area contributed by atoms with Crippen LogP contribution in [-0.2, 0) is 0 Å². The van der Waals surface area contributed by atoms with Crippen LogP contribution in [0.5, 0.6) is 0 Å². The fraction of sp³-hybridized carbons (Fsp3) is 0. The minimum absolute atomic E-state index is 0.175. The molecule has 0 bridgehead atoms. The largest absolute Gasteiger partial charge is 0.366 e. The van der Waals surface area contributed by atoms with E-state index in [1.807, 2.05) is 5.32 Å². The predicted octanol–water partition coefficient (Wildman–Crippen LogP) is 1.06. The number of hydrogen-bond donors (Lipinski definition) is 3. The lowest BCUT2D eigenvalue weighted by molar-refractivity contribution is 0.101. The molecule has 9 heteroatoms. The van der Waals surface area contributed by atoms with Crippen LogP contribution in [0.1, 0.15) is 10.6 Å². The number of hydrogen-bond acceptors (Lipinski definition) is 4. The Morgan fingerprint density at radius 3 is 2.61 bits per heavy atom. The summed E-state index contributed by atoms with van der Waals surface area (Å²) in [6.07, 6.45) is 0. The van der Waals surface area contributed by atoms with E-state index >= 15 is 0 Å². The van der Waals surface area contributed by atoms with Gasteiger partial charge in [-0.05, 0) is 12.1 Å². The summed E-state index contributed by atoms with van der Waals surface area (Å²) in [6, 6.07) is 1.56. The Morgan fingerprint density at radius 1 is 1.28 bits per heavy atom. The third-order valence-electron chi connectivity index (χ3n) is 2.00. The first-order valence-corrected chi connectivity index (χ1v) is 4.61. The topological polar surface area (TPSA) is 96.7 Å². The number of anilines is 2. The van der Waals surface area contributed by atoms with E-state index in [4.69, 9.17) is 5.73 Å². The minimum atomic E-state index is -1.68. The molecule has 1 amide bonds. The van der Waals surface area contributed by atoms with Gasteiger partial charge in [0.25, 0.3) is 5.91 Å². The van der Waals surface area contributed by atoms with Gasteiger partial charge < -0.3 is 11.1 Å². The van der Waals surface area contributed by atoms with Crippen LogP contribution in [0.3, 0.4) is 0 Å². The van der Waals surface area contributed by atoms with Crippen molar-refractivity contribution >= 4 is 17.5 Å². The zero-order chi connectivity index (χ0) is 13.3. The van der Waals surface area contributed by atoms with Gasteiger partial charge in [-0.1, -0.05) is 0 Å². The summed E-state index contributed by atoms with van der Waals surface area (Å²) in [4.78, 5) is 15.0. The molecular formula is C9H6F3N5O. The molecule has 1 heterocycles. The monoisotopic (exact) mass is 257 g/mol. The molecule has 2 rings (SSSR count). The van der Waals surface area contributed by atoms with Gasteiger partial charge in [-0.2, -0.15) is 4.98 Å². The van der Waals surface area contributed by atoms with Crippen LogP contribution in [0, 0.1) is 17.5 Å². The van der Waals surface area contributed by atoms with E-state index in [2.05, 4.69) is 15.2 Å². The van der Waals surface area contributed by atoms with Crippen molar-refractivity contribution in [2.75, 3.05) is 11.1 Å². The maximum atomic E-state index is 13.2. The number of aromatic nitrogens is 3. The second-order valence-corrected chi connectivity index (χ2v) is 3.22. The van der Waals surface area contributed by atoms with Crippen LogP contribution in [-0.4, -0.2) is 21.1 Å². The van der Waals surface area contributed by atoms with Crippen molar-refractivity contribution in [3.05, 3.63) is 35.4 Å². The van der Waals surface area contributed by atoms with Crippen molar-refractivity contribution in [3.63, 3.8) is 0 Å². The number of H-pyrrole nitrogens is 1. The summed E-state index contributed by atoms with van der Waals surface area (Å²) in [7, 11) is 0. The SMILES string of the molecule is Nc1n[nH]c(C(=O)Nc2ccc(F)c(F)c2F)n1. The minimum Gasteiger partial charge on any atom is -0.366 e. The Morgan fingerprint density at radius 2 is 2.00 bits per heavy atom. The Bertz CT molecular complexity index is 612. The molecule has 0 aliphatic heterocycles. The van der Waals surface area contributed by atoms with Crippen molar-refractivity contribution in [1.82, 2.24) is 15.2 Å². The number of amides is 1. The molecule has 4 N–H and O–H groups in total. The number of carbonyl (C=O) groups excluding carboxylic acids is 1. The molecule has 18 heavy (non-hydrogen) atoms. The molecule has 0 radical (unpaired) electrons. The Kier molecular flexibility index (Phi) is 2.88. The quantitative estimate of drug-likeness (QED) is 0.700. The highest BCUT2D eigenvalue weighted by atomic mass is 19.2. The molecule has 0 atom stereocenters. The predicted molar refractivity (Wildman–Crippen MR) is 55.1 cm³/mol. The fourth-order valence-corrected chi connectivity index (χ4v) is 1.18. The number of nitrogens with zero attached hydrogens (tertiary/aromatic N) is 2. The van der Waals surface area contributed by atoms with Gasteiger partial charge in [-0.25, -0.2) is 13.2 Å². The zero-order valence-electron chi connectivity index (χ0n) is 8.67. The average molecular weight is 257 g/mol. The molecular weight excluding hydrogens is 251 g/mol. The van der Waals surface area contributed by atoms with Gasteiger partial charge in [-0.15, -0.1) is 5.10 Å². The van der Waals surface area contributed by atoms with Gasteiger partial charge in [0.2, 0.25) is 11.8 Å². The van der Waals surface area contributed by atoms with E-state index in [0.29, 0.717) is 6.07 Å². The van der Waals surface area contributed by atoms with Crippen LogP contribution in [0.25, 0.3) is 0 Å². The third-order valence-corrected chi connectivity index (χ3v) is 2.00. The van der Waals surface area contributed by atoms with Crippen molar-refractivity contribution in [2.45, 2.75) is 0 Å². The molecule has 1 aromatic heterocycles. The second kappa shape index (κ2) is 4.35. The van der Waals surface area contributed by atoms with E-state index in [1.165, 1.54) is 0 Å². The lowest BCUT2D eigenvalue weighted by Crippen LogP contribution is -2.15.